The predicted molar refractivity (Wildman–Crippen MR) is 451 cm³/mol. The highest BCUT2D eigenvalue weighted by Crippen LogP contribution is 2.39. The molecule has 0 amide bonds. The van der Waals surface area contributed by atoms with E-state index in [9.17, 15) is 0 Å². The van der Waals surface area contributed by atoms with E-state index in [-0.39, 0.29) is 0 Å². The third-order valence-electron chi connectivity index (χ3n) is 20.1. The molecule has 12 aromatic heterocycles. The van der Waals surface area contributed by atoms with Gasteiger partial charge in [0.05, 0.1) is 98.7 Å². The number of nitrogens with zero attached hydrogens (tertiary/aromatic N) is 18. The Hall–Kier alpha value is -16.1. The molecule has 18 heteroatoms. The number of hydrogen-bond acceptors (Lipinski definition) is 14. The van der Waals surface area contributed by atoms with Gasteiger partial charge in [0.1, 0.15) is 22.7 Å². The molecule has 0 unspecified atom stereocenters. The van der Waals surface area contributed by atoms with E-state index in [0.29, 0.717) is 52.2 Å². The smallest absolute Gasteiger partial charge is 0.201 e. The van der Waals surface area contributed by atoms with Crippen LogP contribution in [0.25, 0.3) is 191 Å². The predicted octanol–water partition coefficient (Wildman–Crippen LogP) is 21.1. The second kappa shape index (κ2) is 29.5. The van der Waals surface area contributed by atoms with Crippen LogP contribution in [0.4, 0.5) is 0 Å². The molecule has 0 saturated heterocycles. The van der Waals surface area contributed by atoms with E-state index in [0.717, 1.165) is 84.0 Å². The van der Waals surface area contributed by atoms with Gasteiger partial charge in [0.2, 0.25) is 5.82 Å². The molecular weight excluding hydrogens is 1410 g/mol. The maximum absolute atomic E-state index is 4.82. The number of pyridine rings is 3. The first-order chi connectivity index (χ1) is 56.5. The van der Waals surface area contributed by atoms with Crippen LogP contribution >= 0.6 is 0 Å². The molecule has 0 aliphatic carbocycles. The molecule has 114 heavy (non-hydrogen) atoms. The monoisotopic (exact) mass is 1470 g/mol. The number of para-hydroxylation sites is 4. The van der Waals surface area contributed by atoms with E-state index in [4.69, 9.17) is 34.9 Å². The average Bonchev–Trinajstić information content (AvgIpc) is 1.60. The van der Waals surface area contributed by atoms with Crippen LogP contribution in [0.1, 0.15) is 0 Å². The van der Waals surface area contributed by atoms with Crippen molar-refractivity contribution in [2.24, 2.45) is 0 Å². The van der Waals surface area contributed by atoms with Crippen molar-refractivity contribution in [3.05, 3.63) is 377 Å². The van der Waals surface area contributed by atoms with Gasteiger partial charge in [0.25, 0.3) is 0 Å². The van der Waals surface area contributed by atoms with Crippen molar-refractivity contribution < 1.29 is 0 Å². The molecule has 0 N–H and O–H groups in total. The molecular formula is C96H62N18. The van der Waals surface area contributed by atoms with Crippen molar-refractivity contribution in [1.82, 2.24) is 87.9 Å². The molecule has 0 spiro atoms. The highest BCUT2D eigenvalue weighted by molar-refractivity contribution is 6.12. The van der Waals surface area contributed by atoms with Crippen LogP contribution in [-0.4, -0.2) is 87.9 Å². The Kier molecular flexibility index (Phi) is 17.4. The molecule has 0 radical (unpaired) electrons. The Morgan fingerprint density at radius 2 is 0.561 bits per heavy atom. The zero-order valence-electron chi connectivity index (χ0n) is 60.8. The van der Waals surface area contributed by atoms with E-state index in [1.165, 1.54) is 54.6 Å². The van der Waals surface area contributed by atoms with Gasteiger partial charge in [-0.2, -0.15) is 0 Å². The van der Waals surface area contributed by atoms with Crippen LogP contribution in [0, 0.1) is 0 Å². The summed E-state index contributed by atoms with van der Waals surface area (Å²) in [6.07, 6.45) is 18.5. The van der Waals surface area contributed by atoms with Crippen LogP contribution in [0.15, 0.2) is 377 Å². The minimum absolute atomic E-state index is 0.392. The maximum atomic E-state index is 4.82. The van der Waals surface area contributed by atoms with Gasteiger partial charge in [-0.1, -0.05) is 224 Å². The van der Waals surface area contributed by atoms with Gasteiger partial charge in [-0.25, -0.2) is 59.8 Å². The molecule has 0 fully saturated rings. The molecule has 0 aliphatic heterocycles. The fraction of sp³-hybridized carbons (Fsp3) is 0. The van der Waals surface area contributed by atoms with Gasteiger partial charge in [0, 0.05) is 68.2 Å². The zero-order chi connectivity index (χ0) is 75.7. The Labute approximate surface area is 652 Å². The Bertz CT molecular complexity index is 6620. The minimum Gasteiger partial charge on any atom is -0.306 e. The van der Waals surface area contributed by atoms with E-state index in [1.54, 1.807) is 12.4 Å². The van der Waals surface area contributed by atoms with Crippen LogP contribution in [0.3, 0.4) is 0 Å². The molecule has 0 bridgehead atoms. The summed E-state index contributed by atoms with van der Waals surface area (Å²) in [7, 11) is 0. The number of rotatable bonds is 12. The number of benzene rings is 10. The van der Waals surface area contributed by atoms with Gasteiger partial charge in [-0.3, -0.25) is 9.97 Å². The fourth-order valence-electron chi connectivity index (χ4n) is 14.8. The SMILES string of the molecule is c1ccc(-c2ccc3c(c2)c2cc(-c4ccccc4)ccc2n3-c2cnc(-c3cn4ccccc4n3)nc2)cc1.c1ccc(-c2nc(-c3ccccn3)cc(-c3ncc(-n4c5ccccc5c5ccccc54)cn3)n2)cc1.c1ccc(-c2nc(-c3ccccn3)nc(-c3ncc(-n4c5ccccc5c5ccccc54)cn3)n2)cc1. The van der Waals surface area contributed by atoms with Crippen LogP contribution in [-0.2, 0) is 0 Å². The van der Waals surface area contributed by atoms with E-state index < -0.39 is 0 Å². The lowest BCUT2D eigenvalue weighted by molar-refractivity contribution is 1.01. The highest BCUT2D eigenvalue weighted by Gasteiger charge is 2.21. The lowest BCUT2D eigenvalue weighted by Crippen LogP contribution is -2.04. The fourth-order valence-corrected chi connectivity index (χ4v) is 14.8. The average molecular weight is 1470 g/mol. The van der Waals surface area contributed by atoms with Crippen molar-refractivity contribution in [3.63, 3.8) is 0 Å². The molecule has 0 saturated carbocycles. The number of aromatic nitrogens is 18. The Balaban J connectivity index is 0.000000111. The minimum atomic E-state index is 0.392. The summed E-state index contributed by atoms with van der Waals surface area (Å²) >= 11 is 0. The van der Waals surface area contributed by atoms with E-state index in [1.807, 2.05) is 187 Å². The van der Waals surface area contributed by atoms with Crippen molar-refractivity contribution >= 4 is 71.1 Å². The van der Waals surface area contributed by atoms with Crippen LogP contribution in [0.5, 0.6) is 0 Å². The summed E-state index contributed by atoms with van der Waals surface area (Å²) in [5, 5.41) is 7.16. The Morgan fingerprint density at radius 3 is 1.02 bits per heavy atom. The standard InChI is InChI=1S/C35H23N5.C31H20N6.C30H19N7/c1-3-9-24(10-4-1)26-14-16-32-29(19-26)30-20-27(25-11-5-2-6-12-25)15-17-33(30)40(32)28-21-36-35(37-22-28)31-23-39-18-8-7-13-34(39)38-31;1-2-10-21(11-3-1)30-35-26(25-14-8-9-17-32-25)18-27(36-30)31-33-19-22(20-34-31)37-28-15-6-4-12-23(28)24-13-5-7-16-29(24)37;1-2-10-20(11-3-1)27-34-28(24-14-8-9-17-31-24)36-30(35-27)29-32-18-21(19-33-29)37-25-15-6-4-12-22(25)23-13-5-7-16-26(23)37/h1-23H;1-20H;1-19H. The molecule has 0 aliphatic rings. The van der Waals surface area contributed by atoms with Crippen molar-refractivity contribution in [2.75, 3.05) is 0 Å². The number of hydrogen-bond donors (Lipinski definition) is 0. The zero-order valence-corrected chi connectivity index (χ0v) is 60.8. The molecule has 12 heterocycles. The first-order valence-electron chi connectivity index (χ1n) is 37.2. The first kappa shape index (κ1) is 67.3. The van der Waals surface area contributed by atoms with Crippen molar-refractivity contribution in [2.45, 2.75) is 0 Å². The summed E-state index contributed by atoms with van der Waals surface area (Å²) in [6, 6.07) is 107. The van der Waals surface area contributed by atoms with Crippen LogP contribution in [0.2, 0.25) is 0 Å². The second-order valence-corrected chi connectivity index (χ2v) is 27.1. The van der Waals surface area contributed by atoms with Gasteiger partial charge in [-0.15, -0.1) is 0 Å². The molecule has 536 valence electrons. The quantitative estimate of drug-likeness (QED) is 0.112. The van der Waals surface area contributed by atoms with Gasteiger partial charge >= 0.3 is 0 Å². The lowest BCUT2D eigenvalue weighted by Gasteiger charge is -2.10. The molecule has 22 aromatic rings. The normalized spacial score (nSPS) is 11.3. The Morgan fingerprint density at radius 1 is 0.193 bits per heavy atom. The largest absolute Gasteiger partial charge is 0.306 e. The van der Waals surface area contributed by atoms with Crippen molar-refractivity contribution in [3.8, 4) is 120 Å². The lowest BCUT2D eigenvalue weighted by atomic mass is 10.0. The van der Waals surface area contributed by atoms with E-state index in [2.05, 4.69) is 231 Å². The molecule has 22 rings (SSSR count). The highest BCUT2D eigenvalue weighted by atomic mass is 15.1. The first-order valence-corrected chi connectivity index (χ1v) is 37.2. The van der Waals surface area contributed by atoms with Gasteiger partial charge in [0.15, 0.2) is 34.9 Å². The summed E-state index contributed by atoms with van der Waals surface area (Å²) in [4.78, 5) is 65.6. The molecule has 18 nitrogen and oxygen atoms in total. The second-order valence-electron chi connectivity index (χ2n) is 27.1. The maximum Gasteiger partial charge on any atom is 0.201 e. The summed E-state index contributed by atoms with van der Waals surface area (Å²) in [5.41, 5.74) is 20.3. The van der Waals surface area contributed by atoms with Gasteiger partial charge < -0.3 is 18.1 Å². The summed E-state index contributed by atoms with van der Waals surface area (Å²) < 4.78 is 8.61. The van der Waals surface area contributed by atoms with Crippen LogP contribution < -0.4 is 0 Å². The molecule has 0 atom stereocenters. The third kappa shape index (κ3) is 12.9. The van der Waals surface area contributed by atoms with Crippen molar-refractivity contribution in [1.29, 1.82) is 0 Å². The number of imidazole rings is 1. The topological polar surface area (TPSA) is 200 Å². The third-order valence-corrected chi connectivity index (χ3v) is 20.1. The number of fused-ring (bicyclic) bond motifs is 10. The summed E-state index contributed by atoms with van der Waals surface area (Å²) in [6.45, 7) is 0. The molecule has 10 aromatic carbocycles. The van der Waals surface area contributed by atoms with E-state index >= 15 is 0 Å². The summed E-state index contributed by atoms with van der Waals surface area (Å²) in [5.74, 6) is 3.56. The van der Waals surface area contributed by atoms with Gasteiger partial charge in [-0.05, 0) is 113 Å².